The van der Waals surface area contributed by atoms with E-state index in [4.69, 9.17) is 12.2 Å². The minimum atomic E-state index is 0.430. The van der Waals surface area contributed by atoms with Crippen molar-refractivity contribution >= 4 is 29.8 Å². The molecule has 0 unspecified atom stereocenters. The molecule has 1 N–H and O–H groups in total. The standard InChI is InChI=1S/C12H12N6S2/c1-8-5-9(2)17(16-8)11-14-15-12(19)18(11)13-6-10-3-4-20-7-10/h3-7H,1-2H3,(H,15,19)/b13-6-. The van der Waals surface area contributed by atoms with Crippen LogP contribution in [0.5, 0.6) is 0 Å². The summed E-state index contributed by atoms with van der Waals surface area (Å²) < 4.78 is 3.71. The third-order valence-corrected chi connectivity index (χ3v) is 3.66. The molecule has 0 spiro atoms. The van der Waals surface area contributed by atoms with Gasteiger partial charge in [0.05, 0.1) is 11.9 Å². The summed E-state index contributed by atoms with van der Waals surface area (Å²) in [5, 5.41) is 19.7. The zero-order valence-corrected chi connectivity index (χ0v) is 12.6. The summed E-state index contributed by atoms with van der Waals surface area (Å²) >= 11 is 6.83. The van der Waals surface area contributed by atoms with Crippen molar-refractivity contribution in [3.63, 3.8) is 0 Å². The third kappa shape index (κ3) is 2.35. The molecule has 3 aromatic rings. The Kier molecular flexibility index (Phi) is 3.33. The van der Waals surface area contributed by atoms with E-state index in [1.165, 1.54) is 0 Å². The fourth-order valence-corrected chi connectivity index (χ4v) is 2.61. The van der Waals surface area contributed by atoms with Gasteiger partial charge in [0.2, 0.25) is 4.77 Å². The molecule has 0 amide bonds. The fourth-order valence-electron chi connectivity index (χ4n) is 1.83. The van der Waals surface area contributed by atoms with Crippen molar-refractivity contribution in [2.45, 2.75) is 13.8 Å². The molecule has 0 aromatic carbocycles. The van der Waals surface area contributed by atoms with Gasteiger partial charge in [-0.05, 0) is 49.0 Å². The second-order valence-corrected chi connectivity index (χ2v) is 5.45. The van der Waals surface area contributed by atoms with E-state index >= 15 is 0 Å². The van der Waals surface area contributed by atoms with Crippen LogP contribution in [0.3, 0.4) is 0 Å². The van der Waals surface area contributed by atoms with Gasteiger partial charge in [0.1, 0.15) is 0 Å². The highest BCUT2D eigenvalue weighted by Gasteiger charge is 2.11. The Hall–Kier alpha value is -2.06. The molecule has 3 heterocycles. The first-order chi connectivity index (χ1) is 9.65. The van der Waals surface area contributed by atoms with Crippen LogP contribution in [0.2, 0.25) is 0 Å². The minimum absolute atomic E-state index is 0.430. The van der Waals surface area contributed by atoms with E-state index in [0.29, 0.717) is 10.7 Å². The third-order valence-electron chi connectivity index (χ3n) is 2.70. The predicted molar refractivity (Wildman–Crippen MR) is 81.3 cm³/mol. The van der Waals surface area contributed by atoms with Crippen molar-refractivity contribution in [2.24, 2.45) is 5.10 Å². The molecule has 0 bridgehead atoms. The van der Waals surface area contributed by atoms with Gasteiger partial charge in [-0.3, -0.25) is 0 Å². The zero-order chi connectivity index (χ0) is 14.1. The van der Waals surface area contributed by atoms with E-state index in [1.54, 1.807) is 26.9 Å². The normalized spacial score (nSPS) is 11.5. The number of H-pyrrole nitrogens is 1. The lowest BCUT2D eigenvalue weighted by atomic mass is 10.4. The van der Waals surface area contributed by atoms with Crippen LogP contribution in [0.25, 0.3) is 5.95 Å². The van der Waals surface area contributed by atoms with Crippen LogP contribution in [-0.2, 0) is 0 Å². The smallest absolute Gasteiger partial charge is 0.248 e. The Labute approximate surface area is 124 Å². The maximum Gasteiger partial charge on any atom is 0.271 e. The summed E-state index contributed by atoms with van der Waals surface area (Å²) in [5.74, 6) is 0.548. The molecule has 102 valence electrons. The molecule has 0 radical (unpaired) electrons. The summed E-state index contributed by atoms with van der Waals surface area (Å²) in [5.41, 5.74) is 2.92. The van der Waals surface area contributed by atoms with Gasteiger partial charge >= 0.3 is 0 Å². The lowest BCUT2D eigenvalue weighted by Crippen LogP contribution is -2.07. The molecule has 0 aliphatic heterocycles. The van der Waals surface area contributed by atoms with Gasteiger partial charge in [0, 0.05) is 11.3 Å². The highest BCUT2D eigenvalue weighted by Crippen LogP contribution is 2.10. The number of rotatable bonds is 3. The first-order valence-corrected chi connectivity index (χ1v) is 7.28. The van der Waals surface area contributed by atoms with E-state index in [1.807, 2.05) is 36.7 Å². The molecule has 0 fully saturated rings. The van der Waals surface area contributed by atoms with E-state index < -0.39 is 0 Å². The Balaban J connectivity index is 2.06. The van der Waals surface area contributed by atoms with Gasteiger partial charge in [0.25, 0.3) is 5.95 Å². The van der Waals surface area contributed by atoms with Crippen LogP contribution in [0.4, 0.5) is 0 Å². The van der Waals surface area contributed by atoms with Gasteiger partial charge in [0.15, 0.2) is 0 Å². The molecule has 0 saturated heterocycles. The molecule has 0 saturated carbocycles. The number of nitrogens with zero attached hydrogens (tertiary/aromatic N) is 5. The lowest BCUT2D eigenvalue weighted by molar-refractivity contribution is 0.714. The van der Waals surface area contributed by atoms with Crippen molar-refractivity contribution in [2.75, 3.05) is 0 Å². The average Bonchev–Trinajstić information content (AvgIpc) is 3.09. The maximum absolute atomic E-state index is 5.21. The molecule has 0 atom stereocenters. The monoisotopic (exact) mass is 304 g/mol. The Morgan fingerprint density at radius 3 is 2.95 bits per heavy atom. The molecule has 20 heavy (non-hydrogen) atoms. The molecular weight excluding hydrogens is 292 g/mol. The summed E-state index contributed by atoms with van der Waals surface area (Å²) in [6, 6.07) is 3.96. The van der Waals surface area contributed by atoms with Crippen molar-refractivity contribution in [3.05, 3.63) is 44.6 Å². The molecular formula is C12H12N6S2. The SMILES string of the molecule is Cc1cc(C)n(-c2n[nH]c(=S)n2/N=C\c2ccsc2)n1. The maximum atomic E-state index is 5.21. The van der Waals surface area contributed by atoms with Crippen LogP contribution < -0.4 is 0 Å². The molecule has 3 rings (SSSR count). The van der Waals surface area contributed by atoms with Crippen molar-refractivity contribution in [1.82, 2.24) is 24.7 Å². The van der Waals surface area contributed by atoms with Crippen LogP contribution >= 0.6 is 23.6 Å². The molecule has 0 aliphatic rings. The number of hydrogen-bond donors (Lipinski definition) is 1. The Morgan fingerprint density at radius 1 is 1.45 bits per heavy atom. The Bertz CT molecular complexity index is 805. The van der Waals surface area contributed by atoms with Crippen LogP contribution in [-0.4, -0.2) is 30.9 Å². The van der Waals surface area contributed by atoms with Gasteiger partial charge in [-0.25, -0.2) is 9.78 Å². The number of aromatic amines is 1. The minimum Gasteiger partial charge on any atom is -0.248 e. The van der Waals surface area contributed by atoms with E-state index in [2.05, 4.69) is 20.4 Å². The quantitative estimate of drug-likeness (QED) is 0.597. The fraction of sp³-hybridized carbons (Fsp3) is 0.167. The number of thiophene rings is 1. The van der Waals surface area contributed by atoms with Crippen molar-refractivity contribution < 1.29 is 0 Å². The summed E-state index contributed by atoms with van der Waals surface area (Å²) in [4.78, 5) is 0. The van der Waals surface area contributed by atoms with Gasteiger partial charge in [-0.15, -0.1) is 5.10 Å². The lowest BCUT2D eigenvalue weighted by Gasteiger charge is -2.02. The molecule has 8 heteroatoms. The van der Waals surface area contributed by atoms with E-state index in [9.17, 15) is 0 Å². The number of aromatic nitrogens is 5. The summed E-state index contributed by atoms with van der Waals surface area (Å²) in [6.07, 6.45) is 1.75. The Morgan fingerprint density at radius 2 is 2.30 bits per heavy atom. The van der Waals surface area contributed by atoms with Crippen molar-refractivity contribution in [1.29, 1.82) is 0 Å². The van der Waals surface area contributed by atoms with E-state index in [-0.39, 0.29) is 0 Å². The number of aryl methyl sites for hydroxylation is 2. The zero-order valence-electron chi connectivity index (χ0n) is 10.9. The first-order valence-electron chi connectivity index (χ1n) is 5.93. The molecule has 3 aromatic heterocycles. The number of nitrogens with one attached hydrogen (secondary N) is 1. The van der Waals surface area contributed by atoms with Gasteiger partial charge in [-0.1, -0.05) is 0 Å². The van der Waals surface area contributed by atoms with Gasteiger partial charge in [-0.2, -0.15) is 26.2 Å². The second-order valence-electron chi connectivity index (χ2n) is 4.28. The predicted octanol–water partition coefficient (Wildman–Crippen LogP) is 2.69. The van der Waals surface area contributed by atoms with Crippen LogP contribution in [0.1, 0.15) is 17.0 Å². The average molecular weight is 304 g/mol. The summed E-state index contributed by atoms with van der Waals surface area (Å²) in [7, 11) is 0. The first kappa shape index (κ1) is 12.9. The molecule has 0 aliphatic carbocycles. The topological polar surface area (TPSA) is 63.8 Å². The summed E-state index contributed by atoms with van der Waals surface area (Å²) in [6.45, 7) is 3.90. The van der Waals surface area contributed by atoms with Crippen LogP contribution in [0.15, 0.2) is 28.0 Å². The van der Waals surface area contributed by atoms with Crippen molar-refractivity contribution in [3.8, 4) is 5.95 Å². The van der Waals surface area contributed by atoms with Crippen LogP contribution in [0, 0.1) is 18.6 Å². The van der Waals surface area contributed by atoms with E-state index in [0.717, 1.165) is 17.0 Å². The van der Waals surface area contributed by atoms with Gasteiger partial charge < -0.3 is 0 Å². The highest BCUT2D eigenvalue weighted by atomic mass is 32.1. The number of hydrogen-bond acceptors (Lipinski definition) is 5. The second kappa shape index (κ2) is 5.14. The molecule has 6 nitrogen and oxygen atoms in total. The largest absolute Gasteiger partial charge is 0.271 e. The highest BCUT2D eigenvalue weighted by molar-refractivity contribution is 7.71.